The Morgan fingerprint density at radius 3 is 2.78 bits per heavy atom. The number of nitrogens with zero attached hydrogens (tertiary/aromatic N) is 3. The molecule has 0 aliphatic carbocycles. The molecule has 0 aliphatic heterocycles. The molecule has 0 unspecified atom stereocenters. The van der Waals surface area contributed by atoms with Gasteiger partial charge in [-0.3, -0.25) is 0 Å². The summed E-state index contributed by atoms with van der Waals surface area (Å²) in [4.78, 5) is 7.65. The lowest BCUT2D eigenvalue weighted by Gasteiger charge is -2.22. The van der Waals surface area contributed by atoms with Gasteiger partial charge in [0, 0.05) is 28.9 Å². The predicted octanol–water partition coefficient (Wildman–Crippen LogP) is 6.61. The van der Waals surface area contributed by atoms with Crippen molar-refractivity contribution < 1.29 is 9.15 Å². The fourth-order valence-electron chi connectivity index (χ4n) is 3.33. The van der Waals surface area contributed by atoms with Crippen molar-refractivity contribution in [2.75, 3.05) is 31.7 Å². The Balaban J connectivity index is 1.51. The quantitative estimate of drug-likeness (QED) is 0.237. The number of hydrogen-bond donors (Lipinski definition) is 0. The van der Waals surface area contributed by atoms with E-state index in [9.17, 15) is 5.26 Å². The molecule has 0 aliphatic rings. The molecular formula is C26H27N3O2S. The van der Waals surface area contributed by atoms with E-state index in [-0.39, 0.29) is 5.41 Å². The standard InChI is InChI=1S/C26H27N3O2S/c1-26(2,3)17-30-12-11-29(4)20-10-9-18-13-21(32-24(18)15-20)14-19(16-27)25-28-22-7-5-6-8-23(22)31-25/h5-10,13-15H,11-12,17H2,1-4H3/b19-14+. The first-order valence-electron chi connectivity index (χ1n) is 10.6. The largest absolute Gasteiger partial charge is 0.435 e. The van der Waals surface area contributed by atoms with Gasteiger partial charge >= 0.3 is 0 Å². The minimum atomic E-state index is 0.179. The first-order chi connectivity index (χ1) is 15.3. The van der Waals surface area contributed by atoms with Crippen LogP contribution in [-0.4, -0.2) is 31.8 Å². The number of likely N-dealkylation sites (N-methyl/N-ethyl adjacent to an activating group) is 1. The molecule has 0 bridgehead atoms. The van der Waals surface area contributed by atoms with Crippen molar-refractivity contribution in [3.63, 3.8) is 0 Å². The van der Waals surface area contributed by atoms with Crippen LogP contribution in [-0.2, 0) is 4.74 Å². The lowest BCUT2D eigenvalue weighted by Crippen LogP contribution is -2.24. The van der Waals surface area contributed by atoms with Crippen LogP contribution < -0.4 is 4.90 Å². The van der Waals surface area contributed by atoms with Gasteiger partial charge in [0.15, 0.2) is 5.58 Å². The molecule has 0 amide bonds. The van der Waals surface area contributed by atoms with E-state index < -0.39 is 0 Å². The summed E-state index contributed by atoms with van der Waals surface area (Å²) in [5.74, 6) is 0.349. The second-order valence-corrected chi connectivity index (χ2v) is 10.2. The molecule has 0 atom stereocenters. The van der Waals surface area contributed by atoms with Crippen LogP contribution in [0.25, 0.3) is 32.8 Å². The van der Waals surface area contributed by atoms with Crippen LogP contribution >= 0.6 is 11.3 Å². The van der Waals surface area contributed by atoms with E-state index in [1.807, 2.05) is 30.3 Å². The fraction of sp³-hybridized carbons (Fsp3) is 0.308. The molecule has 2 aromatic heterocycles. The van der Waals surface area contributed by atoms with Gasteiger partial charge in [0.25, 0.3) is 0 Å². The van der Waals surface area contributed by atoms with E-state index in [1.54, 1.807) is 11.3 Å². The summed E-state index contributed by atoms with van der Waals surface area (Å²) >= 11 is 1.65. The number of benzene rings is 2. The molecular weight excluding hydrogens is 418 g/mol. The predicted molar refractivity (Wildman–Crippen MR) is 133 cm³/mol. The van der Waals surface area contributed by atoms with Gasteiger partial charge < -0.3 is 14.1 Å². The molecule has 2 aromatic carbocycles. The van der Waals surface area contributed by atoms with Crippen LogP contribution in [0.4, 0.5) is 5.69 Å². The molecule has 6 heteroatoms. The number of thiophene rings is 1. The summed E-state index contributed by atoms with van der Waals surface area (Å²) in [5.41, 5.74) is 3.17. The highest BCUT2D eigenvalue weighted by atomic mass is 32.1. The number of hydrogen-bond acceptors (Lipinski definition) is 6. The maximum absolute atomic E-state index is 9.68. The average Bonchev–Trinajstić information content (AvgIpc) is 3.37. The van der Waals surface area contributed by atoms with Gasteiger partial charge in [-0.1, -0.05) is 39.0 Å². The van der Waals surface area contributed by atoms with E-state index in [0.29, 0.717) is 23.7 Å². The van der Waals surface area contributed by atoms with Crippen molar-refractivity contribution in [3.8, 4) is 6.07 Å². The highest BCUT2D eigenvalue weighted by molar-refractivity contribution is 7.19. The number of rotatable bonds is 7. The zero-order valence-corrected chi connectivity index (χ0v) is 19.7. The van der Waals surface area contributed by atoms with Gasteiger partial charge in [0.05, 0.1) is 13.2 Å². The van der Waals surface area contributed by atoms with Gasteiger partial charge in [-0.05, 0) is 47.2 Å². The van der Waals surface area contributed by atoms with Crippen molar-refractivity contribution in [2.45, 2.75) is 20.8 Å². The second kappa shape index (κ2) is 9.15. The molecule has 2 heterocycles. The van der Waals surface area contributed by atoms with Gasteiger partial charge in [0.2, 0.25) is 5.89 Å². The smallest absolute Gasteiger partial charge is 0.238 e. The highest BCUT2D eigenvalue weighted by Gasteiger charge is 2.13. The Bertz CT molecular complexity index is 1270. The number of nitriles is 1. The van der Waals surface area contributed by atoms with Gasteiger partial charge in [-0.15, -0.1) is 11.3 Å². The van der Waals surface area contributed by atoms with Crippen molar-refractivity contribution in [3.05, 3.63) is 59.3 Å². The first kappa shape index (κ1) is 22.1. The lowest BCUT2D eigenvalue weighted by molar-refractivity contribution is 0.0761. The molecule has 0 saturated carbocycles. The number of oxazole rings is 1. The fourth-order valence-corrected chi connectivity index (χ4v) is 4.37. The monoisotopic (exact) mass is 445 g/mol. The minimum Gasteiger partial charge on any atom is -0.435 e. The van der Waals surface area contributed by atoms with Gasteiger partial charge in [-0.25, -0.2) is 4.98 Å². The topological polar surface area (TPSA) is 62.3 Å². The van der Waals surface area contributed by atoms with Crippen LogP contribution in [0, 0.1) is 16.7 Å². The van der Waals surface area contributed by atoms with E-state index in [4.69, 9.17) is 9.15 Å². The lowest BCUT2D eigenvalue weighted by atomic mass is 9.99. The molecule has 0 fully saturated rings. The maximum atomic E-state index is 9.68. The van der Waals surface area contributed by atoms with Crippen molar-refractivity contribution in [1.82, 2.24) is 4.98 Å². The number of aromatic nitrogens is 1. The van der Waals surface area contributed by atoms with E-state index in [1.165, 1.54) is 4.70 Å². The van der Waals surface area contributed by atoms with E-state index in [0.717, 1.165) is 34.6 Å². The number of ether oxygens (including phenoxy) is 1. The average molecular weight is 446 g/mol. The summed E-state index contributed by atoms with van der Waals surface area (Å²) < 4.78 is 12.8. The normalized spacial score (nSPS) is 12.4. The zero-order valence-electron chi connectivity index (χ0n) is 18.9. The molecule has 0 radical (unpaired) electrons. The molecule has 0 spiro atoms. The van der Waals surface area contributed by atoms with E-state index in [2.05, 4.69) is 68.0 Å². The third kappa shape index (κ3) is 5.18. The maximum Gasteiger partial charge on any atom is 0.238 e. The molecule has 0 N–H and O–H groups in total. The highest BCUT2D eigenvalue weighted by Crippen LogP contribution is 2.32. The Labute approximate surface area is 192 Å². The summed E-state index contributed by atoms with van der Waals surface area (Å²) in [5, 5.41) is 10.8. The van der Waals surface area contributed by atoms with Crippen LogP contribution in [0.15, 0.2) is 52.9 Å². The molecule has 32 heavy (non-hydrogen) atoms. The summed E-state index contributed by atoms with van der Waals surface area (Å²) in [6, 6.07) is 18.3. The Morgan fingerprint density at radius 2 is 2.03 bits per heavy atom. The number of fused-ring (bicyclic) bond motifs is 2. The Morgan fingerprint density at radius 1 is 1.22 bits per heavy atom. The summed E-state index contributed by atoms with van der Waals surface area (Å²) in [6.45, 7) is 8.80. The van der Waals surface area contributed by atoms with Crippen LogP contribution in [0.2, 0.25) is 0 Å². The summed E-state index contributed by atoms with van der Waals surface area (Å²) in [7, 11) is 2.08. The molecule has 164 valence electrons. The third-order valence-corrected chi connectivity index (χ3v) is 6.05. The zero-order chi connectivity index (χ0) is 22.7. The molecule has 0 saturated heterocycles. The SMILES string of the molecule is CN(CCOCC(C)(C)C)c1ccc2cc(/C=C(\C#N)c3nc4ccccc4o3)sc2c1. The van der Waals surface area contributed by atoms with E-state index >= 15 is 0 Å². The van der Waals surface area contributed by atoms with Crippen molar-refractivity contribution in [1.29, 1.82) is 5.26 Å². The summed E-state index contributed by atoms with van der Waals surface area (Å²) in [6.07, 6.45) is 1.85. The minimum absolute atomic E-state index is 0.179. The van der Waals surface area contributed by atoms with Gasteiger partial charge in [0.1, 0.15) is 17.2 Å². The second-order valence-electron chi connectivity index (χ2n) is 9.06. The number of allylic oxidation sites excluding steroid dienone is 1. The van der Waals surface area contributed by atoms with Crippen molar-refractivity contribution >= 4 is 49.9 Å². The van der Waals surface area contributed by atoms with Gasteiger partial charge in [-0.2, -0.15) is 5.26 Å². The van der Waals surface area contributed by atoms with Crippen LogP contribution in [0.1, 0.15) is 31.5 Å². The Kier molecular flexibility index (Phi) is 6.31. The first-order valence-corrected chi connectivity index (χ1v) is 11.4. The number of anilines is 1. The number of para-hydroxylation sites is 2. The molecule has 4 rings (SSSR count). The van der Waals surface area contributed by atoms with Crippen LogP contribution in [0.3, 0.4) is 0 Å². The third-order valence-electron chi connectivity index (χ3n) is 5.00. The van der Waals surface area contributed by atoms with Crippen molar-refractivity contribution in [2.24, 2.45) is 5.41 Å². The van der Waals surface area contributed by atoms with Crippen LogP contribution in [0.5, 0.6) is 0 Å². The molecule has 5 nitrogen and oxygen atoms in total. The molecule has 4 aromatic rings. The Hall–Kier alpha value is -3.14.